The van der Waals surface area contributed by atoms with Crippen molar-refractivity contribution in [3.63, 3.8) is 0 Å². The van der Waals surface area contributed by atoms with Gasteiger partial charge in [-0.15, -0.1) is 24.8 Å². The standard InChI is InChI=1S/C17H27N3O.2ClH/c1-3-20(2)12-14-6-4-5-13(9-14)11-19-17(21)15-7-8-16(18)10-15;;/h4-6,9,15-16H,3,7-8,10-12,18H2,1-2H3,(H,19,21);2*1H. The Morgan fingerprint density at radius 3 is 2.61 bits per heavy atom. The van der Waals surface area contributed by atoms with Crippen molar-refractivity contribution in [1.29, 1.82) is 0 Å². The third kappa shape index (κ3) is 7.08. The van der Waals surface area contributed by atoms with Crippen LogP contribution in [0.25, 0.3) is 0 Å². The van der Waals surface area contributed by atoms with Crippen LogP contribution in [0.3, 0.4) is 0 Å². The minimum atomic E-state index is 0. The van der Waals surface area contributed by atoms with E-state index in [9.17, 15) is 4.79 Å². The highest BCUT2D eigenvalue weighted by Gasteiger charge is 2.27. The third-order valence-corrected chi connectivity index (χ3v) is 4.29. The molecule has 0 bridgehead atoms. The molecule has 1 amide bonds. The predicted molar refractivity (Wildman–Crippen MR) is 100 cm³/mol. The highest BCUT2D eigenvalue weighted by Crippen LogP contribution is 2.24. The summed E-state index contributed by atoms with van der Waals surface area (Å²) in [6.07, 6.45) is 2.72. The second-order valence-corrected chi connectivity index (χ2v) is 6.14. The van der Waals surface area contributed by atoms with Crippen LogP contribution in [-0.4, -0.2) is 30.4 Å². The number of nitrogens with one attached hydrogen (secondary N) is 1. The van der Waals surface area contributed by atoms with E-state index >= 15 is 0 Å². The molecule has 1 fully saturated rings. The number of benzene rings is 1. The number of carbonyl (C=O) groups excluding carboxylic acids is 1. The van der Waals surface area contributed by atoms with Gasteiger partial charge in [-0.3, -0.25) is 4.79 Å². The Bertz CT molecular complexity index is 485. The SMILES string of the molecule is CCN(C)Cc1cccc(CNC(=O)C2CCC(N)C2)c1.Cl.Cl. The Morgan fingerprint density at radius 2 is 2.00 bits per heavy atom. The molecule has 0 spiro atoms. The van der Waals surface area contributed by atoms with Crippen molar-refractivity contribution in [2.24, 2.45) is 11.7 Å². The molecular formula is C17H29Cl2N3O. The number of nitrogens with two attached hydrogens (primary N) is 1. The fraction of sp³-hybridized carbons (Fsp3) is 0.588. The van der Waals surface area contributed by atoms with Crippen molar-refractivity contribution >= 4 is 30.7 Å². The first-order valence-corrected chi connectivity index (χ1v) is 7.88. The number of hydrogen-bond donors (Lipinski definition) is 2. The minimum absolute atomic E-state index is 0. The molecule has 6 heteroatoms. The van der Waals surface area contributed by atoms with Gasteiger partial charge in [0.25, 0.3) is 0 Å². The molecule has 1 aliphatic carbocycles. The predicted octanol–water partition coefficient (Wildman–Crippen LogP) is 2.73. The lowest BCUT2D eigenvalue weighted by molar-refractivity contribution is -0.125. The molecule has 0 heterocycles. The van der Waals surface area contributed by atoms with Gasteiger partial charge in [-0.2, -0.15) is 0 Å². The monoisotopic (exact) mass is 361 g/mol. The molecule has 1 aliphatic rings. The molecule has 0 aliphatic heterocycles. The Balaban J connectivity index is 0.00000242. The third-order valence-electron chi connectivity index (χ3n) is 4.29. The molecular weight excluding hydrogens is 333 g/mol. The molecule has 2 unspecified atom stereocenters. The van der Waals surface area contributed by atoms with Crippen LogP contribution in [0.4, 0.5) is 0 Å². The largest absolute Gasteiger partial charge is 0.352 e. The average Bonchev–Trinajstić information content (AvgIpc) is 2.91. The van der Waals surface area contributed by atoms with Crippen LogP contribution in [0.5, 0.6) is 0 Å². The summed E-state index contributed by atoms with van der Waals surface area (Å²) < 4.78 is 0. The van der Waals surface area contributed by atoms with E-state index in [1.54, 1.807) is 0 Å². The summed E-state index contributed by atoms with van der Waals surface area (Å²) in [6, 6.07) is 8.64. The molecule has 132 valence electrons. The summed E-state index contributed by atoms with van der Waals surface area (Å²) in [5.74, 6) is 0.258. The quantitative estimate of drug-likeness (QED) is 0.818. The van der Waals surface area contributed by atoms with Crippen LogP contribution in [0.1, 0.15) is 37.3 Å². The van der Waals surface area contributed by atoms with Crippen molar-refractivity contribution in [1.82, 2.24) is 10.2 Å². The molecule has 2 rings (SSSR count). The molecule has 23 heavy (non-hydrogen) atoms. The molecule has 0 aromatic heterocycles. The summed E-state index contributed by atoms with van der Waals surface area (Å²) in [5, 5.41) is 3.05. The van der Waals surface area contributed by atoms with Gasteiger partial charge in [-0.25, -0.2) is 0 Å². The van der Waals surface area contributed by atoms with Crippen molar-refractivity contribution in [3.8, 4) is 0 Å². The number of hydrogen-bond acceptors (Lipinski definition) is 3. The summed E-state index contributed by atoms with van der Waals surface area (Å²) >= 11 is 0. The molecule has 0 saturated heterocycles. The molecule has 1 aromatic carbocycles. The average molecular weight is 362 g/mol. The lowest BCUT2D eigenvalue weighted by Gasteiger charge is -2.15. The number of carbonyl (C=O) groups is 1. The number of nitrogens with zero attached hydrogens (tertiary/aromatic N) is 1. The highest BCUT2D eigenvalue weighted by atomic mass is 35.5. The second kappa shape index (κ2) is 10.9. The van der Waals surface area contributed by atoms with Crippen LogP contribution >= 0.6 is 24.8 Å². The Labute approximate surface area is 152 Å². The zero-order valence-corrected chi connectivity index (χ0v) is 15.6. The summed E-state index contributed by atoms with van der Waals surface area (Å²) in [4.78, 5) is 14.4. The van der Waals surface area contributed by atoms with Gasteiger partial charge in [0.15, 0.2) is 0 Å². The minimum Gasteiger partial charge on any atom is -0.352 e. The van der Waals surface area contributed by atoms with Gasteiger partial charge in [0.05, 0.1) is 0 Å². The van der Waals surface area contributed by atoms with Gasteiger partial charge >= 0.3 is 0 Å². The topological polar surface area (TPSA) is 58.4 Å². The van der Waals surface area contributed by atoms with Crippen LogP contribution in [-0.2, 0) is 17.9 Å². The lowest BCUT2D eigenvalue weighted by atomic mass is 10.1. The Kier molecular flexibility index (Phi) is 10.5. The van der Waals surface area contributed by atoms with E-state index in [1.165, 1.54) is 5.56 Å². The van der Waals surface area contributed by atoms with Gasteiger partial charge < -0.3 is 16.0 Å². The first-order valence-electron chi connectivity index (χ1n) is 7.88. The maximum Gasteiger partial charge on any atom is 0.223 e. The van der Waals surface area contributed by atoms with Gasteiger partial charge in [0.1, 0.15) is 0 Å². The molecule has 2 atom stereocenters. The fourth-order valence-electron chi connectivity index (χ4n) is 2.85. The number of amides is 1. The molecule has 3 N–H and O–H groups in total. The van der Waals surface area contributed by atoms with Gasteiger partial charge in [0, 0.05) is 25.0 Å². The highest BCUT2D eigenvalue weighted by molar-refractivity contribution is 5.85. The van der Waals surface area contributed by atoms with E-state index in [2.05, 4.69) is 48.5 Å². The van der Waals surface area contributed by atoms with Crippen molar-refractivity contribution in [2.75, 3.05) is 13.6 Å². The Hall–Kier alpha value is -0.810. The lowest BCUT2D eigenvalue weighted by Crippen LogP contribution is -2.30. The van der Waals surface area contributed by atoms with Crippen molar-refractivity contribution in [3.05, 3.63) is 35.4 Å². The van der Waals surface area contributed by atoms with E-state index < -0.39 is 0 Å². The van der Waals surface area contributed by atoms with Crippen molar-refractivity contribution < 1.29 is 4.79 Å². The number of halogens is 2. The van der Waals surface area contributed by atoms with Gasteiger partial charge in [-0.05, 0) is 44.0 Å². The normalized spacial score (nSPS) is 19.8. The molecule has 1 saturated carbocycles. The zero-order chi connectivity index (χ0) is 15.2. The van der Waals surface area contributed by atoms with E-state index in [0.29, 0.717) is 6.54 Å². The van der Waals surface area contributed by atoms with Gasteiger partial charge in [-0.1, -0.05) is 31.2 Å². The smallest absolute Gasteiger partial charge is 0.223 e. The van der Waals surface area contributed by atoms with E-state index in [4.69, 9.17) is 5.73 Å². The van der Waals surface area contributed by atoms with Crippen molar-refractivity contribution in [2.45, 2.75) is 45.3 Å². The maximum atomic E-state index is 12.1. The van der Waals surface area contributed by atoms with Crippen LogP contribution in [0.2, 0.25) is 0 Å². The fourth-order valence-corrected chi connectivity index (χ4v) is 2.85. The maximum absolute atomic E-state index is 12.1. The van der Waals surface area contributed by atoms with Crippen LogP contribution in [0, 0.1) is 5.92 Å². The van der Waals surface area contributed by atoms with E-state index in [1.807, 2.05) is 0 Å². The summed E-state index contributed by atoms with van der Waals surface area (Å²) in [5.41, 5.74) is 8.31. The molecule has 4 nitrogen and oxygen atoms in total. The summed E-state index contributed by atoms with van der Waals surface area (Å²) in [7, 11) is 2.11. The Morgan fingerprint density at radius 1 is 1.30 bits per heavy atom. The second-order valence-electron chi connectivity index (χ2n) is 6.14. The van der Waals surface area contributed by atoms with Crippen LogP contribution in [0.15, 0.2) is 24.3 Å². The van der Waals surface area contributed by atoms with Gasteiger partial charge in [0.2, 0.25) is 5.91 Å². The molecule has 1 aromatic rings. The summed E-state index contributed by atoms with van der Waals surface area (Å²) in [6.45, 7) is 4.73. The van der Waals surface area contributed by atoms with E-state index in [0.717, 1.165) is 37.9 Å². The van der Waals surface area contributed by atoms with E-state index in [-0.39, 0.29) is 42.7 Å². The first-order chi connectivity index (χ1) is 10.1. The van der Waals surface area contributed by atoms with Crippen LogP contribution < -0.4 is 11.1 Å². The number of rotatable bonds is 6. The first kappa shape index (κ1) is 22.2. The molecule has 0 radical (unpaired) electrons. The zero-order valence-electron chi connectivity index (χ0n) is 14.0.